The van der Waals surface area contributed by atoms with Crippen molar-refractivity contribution in [2.75, 3.05) is 19.6 Å². The van der Waals surface area contributed by atoms with E-state index in [0.29, 0.717) is 13.1 Å². The maximum Gasteiger partial charge on any atom is 0.236 e. The molecule has 16 heavy (non-hydrogen) atoms. The lowest BCUT2D eigenvalue weighted by molar-refractivity contribution is -0.129. The highest BCUT2D eigenvalue weighted by atomic mass is 16.2. The fourth-order valence-corrected chi connectivity index (χ4v) is 1.84. The maximum atomic E-state index is 11.7. The number of aromatic nitrogens is 3. The monoisotopic (exact) mass is 223 g/mol. The quantitative estimate of drug-likeness (QED) is 0.749. The second-order valence-corrected chi connectivity index (χ2v) is 3.99. The first-order valence-corrected chi connectivity index (χ1v) is 5.59. The molecule has 0 unspecified atom stereocenters. The van der Waals surface area contributed by atoms with E-state index in [4.69, 9.17) is 0 Å². The van der Waals surface area contributed by atoms with Crippen molar-refractivity contribution < 1.29 is 4.79 Å². The first-order valence-electron chi connectivity index (χ1n) is 5.59. The number of hydrogen-bond acceptors (Lipinski definition) is 4. The molecule has 1 N–H and O–H groups in total. The lowest BCUT2D eigenvalue weighted by atomic mass is 10.4. The molecule has 0 atom stereocenters. The van der Waals surface area contributed by atoms with Crippen molar-refractivity contribution in [3.05, 3.63) is 12.2 Å². The average Bonchev–Trinajstić information content (AvgIpc) is 2.90. The van der Waals surface area contributed by atoms with E-state index in [2.05, 4.69) is 15.4 Å². The fourth-order valence-electron chi connectivity index (χ4n) is 1.84. The van der Waals surface area contributed by atoms with Crippen LogP contribution in [0.2, 0.25) is 0 Å². The number of aryl methyl sites for hydroxylation is 1. The molecule has 1 aliphatic rings. The van der Waals surface area contributed by atoms with Crippen LogP contribution in [0.25, 0.3) is 0 Å². The van der Waals surface area contributed by atoms with E-state index in [1.165, 1.54) is 6.33 Å². The van der Waals surface area contributed by atoms with E-state index < -0.39 is 0 Å². The number of carbonyl (C=O) groups is 1. The van der Waals surface area contributed by atoms with Crippen molar-refractivity contribution in [1.29, 1.82) is 0 Å². The van der Waals surface area contributed by atoms with Crippen LogP contribution in [0.5, 0.6) is 0 Å². The van der Waals surface area contributed by atoms with E-state index in [-0.39, 0.29) is 5.91 Å². The SMILES string of the molecule is Cn1ncnc1CNCC(=O)N1CCCC1. The summed E-state index contributed by atoms with van der Waals surface area (Å²) in [6.45, 7) is 2.78. The minimum absolute atomic E-state index is 0.180. The Labute approximate surface area is 94.6 Å². The van der Waals surface area contributed by atoms with Crippen LogP contribution >= 0.6 is 0 Å². The van der Waals surface area contributed by atoms with Gasteiger partial charge in [-0.1, -0.05) is 0 Å². The van der Waals surface area contributed by atoms with Gasteiger partial charge >= 0.3 is 0 Å². The van der Waals surface area contributed by atoms with Crippen LogP contribution in [-0.4, -0.2) is 45.2 Å². The normalized spacial score (nSPS) is 15.7. The van der Waals surface area contributed by atoms with E-state index in [9.17, 15) is 4.79 Å². The Morgan fingerprint density at radius 1 is 1.50 bits per heavy atom. The lowest BCUT2D eigenvalue weighted by Crippen LogP contribution is -2.36. The van der Waals surface area contributed by atoms with Crippen LogP contribution in [0.3, 0.4) is 0 Å². The second kappa shape index (κ2) is 5.07. The van der Waals surface area contributed by atoms with Crippen molar-refractivity contribution >= 4 is 5.91 Å². The third-order valence-electron chi connectivity index (χ3n) is 2.82. The molecule has 1 aromatic rings. The third-order valence-corrected chi connectivity index (χ3v) is 2.82. The van der Waals surface area contributed by atoms with Gasteiger partial charge in [-0.15, -0.1) is 0 Å². The summed E-state index contributed by atoms with van der Waals surface area (Å²) in [5.74, 6) is 1.02. The highest BCUT2D eigenvalue weighted by Gasteiger charge is 2.17. The molecular weight excluding hydrogens is 206 g/mol. The van der Waals surface area contributed by atoms with Crippen LogP contribution in [0.1, 0.15) is 18.7 Å². The number of hydrogen-bond donors (Lipinski definition) is 1. The molecule has 2 heterocycles. The first kappa shape index (κ1) is 11.1. The van der Waals surface area contributed by atoms with Gasteiger partial charge in [0.05, 0.1) is 13.1 Å². The van der Waals surface area contributed by atoms with Crippen molar-refractivity contribution in [2.24, 2.45) is 7.05 Å². The smallest absolute Gasteiger partial charge is 0.236 e. The molecule has 1 aliphatic heterocycles. The molecule has 0 aromatic carbocycles. The molecule has 88 valence electrons. The second-order valence-electron chi connectivity index (χ2n) is 3.99. The van der Waals surface area contributed by atoms with Crippen molar-refractivity contribution in [3.8, 4) is 0 Å². The molecule has 0 spiro atoms. The fraction of sp³-hybridized carbons (Fsp3) is 0.700. The standard InChI is InChI=1S/C10H17N5O/c1-14-9(12-8-13-14)6-11-7-10(16)15-4-2-3-5-15/h8,11H,2-7H2,1H3. The Kier molecular flexibility index (Phi) is 3.51. The molecule has 6 heteroatoms. The molecule has 1 aromatic heterocycles. The molecule has 6 nitrogen and oxygen atoms in total. The maximum absolute atomic E-state index is 11.7. The summed E-state index contributed by atoms with van der Waals surface area (Å²) in [7, 11) is 1.84. The van der Waals surface area contributed by atoms with Gasteiger partial charge in [0, 0.05) is 20.1 Å². The molecule has 1 saturated heterocycles. The Morgan fingerprint density at radius 2 is 2.25 bits per heavy atom. The van der Waals surface area contributed by atoms with Crippen molar-refractivity contribution in [1.82, 2.24) is 25.0 Å². The molecule has 0 bridgehead atoms. The highest BCUT2D eigenvalue weighted by Crippen LogP contribution is 2.06. The Morgan fingerprint density at radius 3 is 2.88 bits per heavy atom. The van der Waals surface area contributed by atoms with Crippen molar-refractivity contribution in [3.63, 3.8) is 0 Å². The van der Waals surface area contributed by atoms with Gasteiger partial charge in [0.25, 0.3) is 0 Å². The summed E-state index contributed by atoms with van der Waals surface area (Å²) in [5.41, 5.74) is 0. The molecule has 0 saturated carbocycles. The van der Waals surface area contributed by atoms with Crippen LogP contribution < -0.4 is 5.32 Å². The van der Waals surface area contributed by atoms with Gasteiger partial charge < -0.3 is 10.2 Å². The van der Waals surface area contributed by atoms with Crippen molar-refractivity contribution in [2.45, 2.75) is 19.4 Å². The zero-order valence-corrected chi connectivity index (χ0v) is 9.52. The third kappa shape index (κ3) is 2.57. The van der Waals surface area contributed by atoms with E-state index in [1.54, 1.807) is 4.68 Å². The summed E-state index contributed by atoms with van der Waals surface area (Å²) < 4.78 is 1.70. The number of nitrogens with one attached hydrogen (secondary N) is 1. The number of rotatable bonds is 4. The lowest BCUT2D eigenvalue weighted by Gasteiger charge is -2.15. The largest absolute Gasteiger partial charge is 0.342 e. The highest BCUT2D eigenvalue weighted by molar-refractivity contribution is 5.78. The first-order chi connectivity index (χ1) is 7.77. The molecule has 0 radical (unpaired) electrons. The Balaban J connectivity index is 1.71. The van der Waals surface area contributed by atoms with E-state index in [1.807, 2.05) is 11.9 Å². The number of amides is 1. The number of carbonyl (C=O) groups excluding carboxylic acids is 1. The van der Waals surface area contributed by atoms with Gasteiger partial charge in [0.2, 0.25) is 5.91 Å². The van der Waals surface area contributed by atoms with E-state index in [0.717, 1.165) is 31.8 Å². The minimum atomic E-state index is 0.180. The van der Waals surface area contributed by atoms with Crippen LogP contribution in [0.15, 0.2) is 6.33 Å². The Bertz CT molecular complexity index is 356. The van der Waals surface area contributed by atoms with Gasteiger partial charge in [-0.05, 0) is 12.8 Å². The molecule has 1 fully saturated rings. The van der Waals surface area contributed by atoms with Crippen LogP contribution in [0.4, 0.5) is 0 Å². The van der Waals surface area contributed by atoms with Crippen LogP contribution in [0, 0.1) is 0 Å². The zero-order valence-electron chi connectivity index (χ0n) is 9.52. The summed E-state index contributed by atoms with van der Waals surface area (Å²) in [6.07, 6.45) is 3.78. The van der Waals surface area contributed by atoms with Gasteiger partial charge in [-0.3, -0.25) is 9.48 Å². The molecule has 0 aliphatic carbocycles. The predicted octanol–water partition coefficient (Wildman–Crippen LogP) is -0.473. The predicted molar refractivity (Wildman–Crippen MR) is 58.5 cm³/mol. The van der Waals surface area contributed by atoms with Gasteiger partial charge in [-0.25, -0.2) is 4.98 Å². The summed E-state index contributed by atoms with van der Waals surface area (Å²) in [4.78, 5) is 17.7. The van der Waals surface area contributed by atoms with Crippen LogP contribution in [-0.2, 0) is 18.4 Å². The molecule has 1 amide bonds. The Hall–Kier alpha value is -1.43. The topological polar surface area (TPSA) is 63.1 Å². The van der Waals surface area contributed by atoms with E-state index >= 15 is 0 Å². The number of likely N-dealkylation sites (tertiary alicyclic amines) is 1. The minimum Gasteiger partial charge on any atom is -0.342 e. The summed E-state index contributed by atoms with van der Waals surface area (Å²) in [6, 6.07) is 0. The zero-order chi connectivity index (χ0) is 11.4. The average molecular weight is 223 g/mol. The molecule has 2 rings (SSSR count). The van der Waals surface area contributed by atoms with Gasteiger partial charge in [0.15, 0.2) is 0 Å². The van der Waals surface area contributed by atoms with Gasteiger partial charge in [0.1, 0.15) is 12.2 Å². The number of nitrogens with zero attached hydrogens (tertiary/aromatic N) is 4. The summed E-state index contributed by atoms with van der Waals surface area (Å²) >= 11 is 0. The van der Waals surface area contributed by atoms with Gasteiger partial charge in [-0.2, -0.15) is 5.10 Å². The summed E-state index contributed by atoms with van der Waals surface area (Å²) in [5, 5.41) is 7.05. The molecular formula is C10H17N5O.